The fourth-order valence-corrected chi connectivity index (χ4v) is 1.90. The number of hydrogen-bond donors (Lipinski definition) is 1. The molecule has 4 nitrogen and oxygen atoms in total. The second kappa shape index (κ2) is 4.74. The van der Waals surface area contributed by atoms with Gasteiger partial charge in [0.25, 0.3) is 0 Å². The number of fused-ring (bicyclic) bond motifs is 1. The van der Waals surface area contributed by atoms with Gasteiger partial charge in [0.2, 0.25) is 5.88 Å². The Kier molecular flexibility index (Phi) is 2.93. The molecule has 0 saturated heterocycles. The number of phenolic OH excluding ortho intramolecular Hbond substituents is 1. The summed E-state index contributed by atoms with van der Waals surface area (Å²) in [6.07, 6.45) is 1.42. The van der Waals surface area contributed by atoms with Crippen molar-refractivity contribution in [2.45, 2.75) is 0 Å². The summed E-state index contributed by atoms with van der Waals surface area (Å²) in [4.78, 5) is 8.23. The maximum absolute atomic E-state index is 9.74. The Morgan fingerprint density at radius 2 is 1.89 bits per heavy atom. The minimum Gasteiger partial charge on any atom is -0.504 e. The molecule has 0 spiro atoms. The molecular weight excluding hydrogens is 264 g/mol. The third kappa shape index (κ3) is 2.30. The molecule has 0 aliphatic heterocycles. The molecule has 94 valence electrons. The summed E-state index contributed by atoms with van der Waals surface area (Å²) in [6.45, 7) is 0. The number of nitrogens with zero attached hydrogens (tertiary/aromatic N) is 2. The predicted octanol–water partition coefficient (Wildman–Crippen LogP) is 3.78. The van der Waals surface area contributed by atoms with Crippen molar-refractivity contribution in [2.75, 3.05) is 0 Å². The zero-order valence-corrected chi connectivity index (χ0v) is 10.5. The molecule has 3 rings (SSSR count). The first-order valence-corrected chi connectivity index (χ1v) is 5.98. The number of hydrogen-bond acceptors (Lipinski definition) is 4. The normalized spacial score (nSPS) is 10.6. The van der Waals surface area contributed by atoms with Gasteiger partial charge in [0.05, 0.1) is 10.9 Å². The number of rotatable bonds is 2. The molecule has 0 aliphatic carbocycles. The maximum Gasteiger partial charge on any atom is 0.230 e. The Labute approximate surface area is 114 Å². The van der Waals surface area contributed by atoms with Crippen LogP contribution < -0.4 is 4.74 Å². The molecular formula is C14H9ClN2O2. The zero-order chi connectivity index (χ0) is 13.2. The lowest BCUT2D eigenvalue weighted by Gasteiger charge is -2.08. The summed E-state index contributed by atoms with van der Waals surface area (Å²) < 4.78 is 5.62. The van der Waals surface area contributed by atoms with Crippen molar-refractivity contribution < 1.29 is 9.84 Å². The van der Waals surface area contributed by atoms with Crippen molar-refractivity contribution >= 4 is 22.5 Å². The van der Waals surface area contributed by atoms with E-state index in [1.54, 1.807) is 6.07 Å². The molecule has 0 atom stereocenters. The van der Waals surface area contributed by atoms with E-state index in [0.717, 1.165) is 10.9 Å². The Morgan fingerprint density at radius 1 is 1.05 bits per heavy atom. The van der Waals surface area contributed by atoms with Crippen LogP contribution in [0, 0.1) is 0 Å². The van der Waals surface area contributed by atoms with E-state index in [1.807, 2.05) is 24.3 Å². The van der Waals surface area contributed by atoms with Gasteiger partial charge in [-0.1, -0.05) is 23.7 Å². The summed E-state index contributed by atoms with van der Waals surface area (Å²) in [6, 6.07) is 12.1. The molecule has 0 aliphatic rings. The summed E-state index contributed by atoms with van der Waals surface area (Å²) in [5.74, 6) is 0.645. The fraction of sp³-hybridized carbons (Fsp3) is 0. The van der Waals surface area contributed by atoms with Gasteiger partial charge in [0.1, 0.15) is 6.33 Å². The minimum atomic E-state index is 0.00657. The molecule has 1 N–H and O–H groups in total. The van der Waals surface area contributed by atoms with Gasteiger partial charge >= 0.3 is 0 Å². The van der Waals surface area contributed by atoms with Crippen LogP contribution in [0.3, 0.4) is 0 Å². The first-order valence-electron chi connectivity index (χ1n) is 5.60. The Balaban J connectivity index is 2.08. The lowest BCUT2D eigenvalue weighted by molar-refractivity contribution is 0.405. The summed E-state index contributed by atoms with van der Waals surface area (Å²) in [5.41, 5.74) is 0.772. The van der Waals surface area contributed by atoms with Crippen LogP contribution in [0.1, 0.15) is 0 Å². The van der Waals surface area contributed by atoms with Crippen molar-refractivity contribution in [1.82, 2.24) is 9.97 Å². The second-order valence-electron chi connectivity index (χ2n) is 3.91. The minimum absolute atomic E-state index is 0.00657. The average molecular weight is 273 g/mol. The molecule has 19 heavy (non-hydrogen) atoms. The number of aromatic nitrogens is 2. The number of benzene rings is 2. The van der Waals surface area contributed by atoms with Crippen LogP contribution in [0.2, 0.25) is 5.02 Å². The highest BCUT2D eigenvalue weighted by atomic mass is 35.5. The monoisotopic (exact) mass is 272 g/mol. The van der Waals surface area contributed by atoms with Gasteiger partial charge < -0.3 is 9.84 Å². The van der Waals surface area contributed by atoms with Crippen LogP contribution >= 0.6 is 11.6 Å². The number of aromatic hydroxyl groups is 1. The third-order valence-corrected chi connectivity index (χ3v) is 2.87. The summed E-state index contributed by atoms with van der Waals surface area (Å²) in [5, 5.41) is 11.0. The molecule has 2 aromatic carbocycles. The number of para-hydroxylation sites is 1. The van der Waals surface area contributed by atoms with Gasteiger partial charge in [-0.25, -0.2) is 9.97 Å². The Hall–Kier alpha value is -2.33. The highest BCUT2D eigenvalue weighted by molar-refractivity contribution is 6.30. The van der Waals surface area contributed by atoms with E-state index in [1.165, 1.54) is 18.5 Å². The average Bonchev–Trinajstić information content (AvgIpc) is 2.43. The standard InChI is InChI=1S/C14H9ClN2O2/c15-9-5-6-12(18)13(7-9)19-14-10-3-1-2-4-11(10)16-8-17-14/h1-8,18H. The van der Waals surface area contributed by atoms with E-state index in [4.69, 9.17) is 16.3 Å². The van der Waals surface area contributed by atoms with E-state index in [9.17, 15) is 5.11 Å². The van der Waals surface area contributed by atoms with Crippen LogP contribution in [-0.2, 0) is 0 Å². The van der Waals surface area contributed by atoms with Gasteiger partial charge in [0, 0.05) is 11.1 Å². The smallest absolute Gasteiger partial charge is 0.230 e. The number of phenols is 1. The summed E-state index contributed by atoms with van der Waals surface area (Å²) >= 11 is 5.88. The number of ether oxygens (including phenoxy) is 1. The van der Waals surface area contributed by atoms with Crippen LogP contribution in [0.25, 0.3) is 10.9 Å². The van der Waals surface area contributed by atoms with E-state index in [-0.39, 0.29) is 11.5 Å². The lowest BCUT2D eigenvalue weighted by atomic mass is 10.2. The Bertz CT molecular complexity index is 741. The van der Waals surface area contributed by atoms with Gasteiger partial charge in [-0.15, -0.1) is 0 Å². The SMILES string of the molecule is Oc1ccc(Cl)cc1Oc1ncnc2ccccc12. The molecule has 5 heteroatoms. The molecule has 0 unspecified atom stereocenters. The molecule has 0 fully saturated rings. The molecule has 0 saturated carbocycles. The third-order valence-electron chi connectivity index (χ3n) is 2.63. The van der Waals surface area contributed by atoms with E-state index in [0.29, 0.717) is 10.9 Å². The van der Waals surface area contributed by atoms with Crippen LogP contribution in [0.15, 0.2) is 48.8 Å². The highest BCUT2D eigenvalue weighted by Crippen LogP contribution is 2.34. The maximum atomic E-state index is 9.74. The van der Waals surface area contributed by atoms with Gasteiger partial charge in [-0.3, -0.25) is 0 Å². The summed E-state index contributed by atoms with van der Waals surface area (Å²) in [7, 11) is 0. The van der Waals surface area contributed by atoms with Crippen LogP contribution in [0.5, 0.6) is 17.4 Å². The molecule has 3 aromatic rings. The topological polar surface area (TPSA) is 55.2 Å². The van der Waals surface area contributed by atoms with Gasteiger partial charge in [-0.2, -0.15) is 0 Å². The van der Waals surface area contributed by atoms with E-state index in [2.05, 4.69) is 9.97 Å². The van der Waals surface area contributed by atoms with E-state index >= 15 is 0 Å². The van der Waals surface area contributed by atoms with Crippen molar-refractivity contribution in [3.8, 4) is 17.4 Å². The molecule has 0 radical (unpaired) electrons. The second-order valence-corrected chi connectivity index (χ2v) is 4.35. The Morgan fingerprint density at radius 3 is 2.79 bits per heavy atom. The van der Waals surface area contributed by atoms with Crippen molar-refractivity contribution in [2.24, 2.45) is 0 Å². The quantitative estimate of drug-likeness (QED) is 0.771. The first kappa shape index (κ1) is 11.7. The zero-order valence-electron chi connectivity index (χ0n) is 9.75. The van der Waals surface area contributed by atoms with Crippen molar-refractivity contribution in [3.05, 3.63) is 53.8 Å². The van der Waals surface area contributed by atoms with Gasteiger partial charge in [0.15, 0.2) is 11.5 Å². The van der Waals surface area contributed by atoms with Crippen LogP contribution in [-0.4, -0.2) is 15.1 Å². The van der Waals surface area contributed by atoms with Gasteiger partial charge in [-0.05, 0) is 24.3 Å². The highest BCUT2D eigenvalue weighted by Gasteiger charge is 2.09. The molecule has 0 amide bonds. The molecule has 1 heterocycles. The largest absolute Gasteiger partial charge is 0.504 e. The molecule has 1 aromatic heterocycles. The van der Waals surface area contributed by atoms with Crippen molar-refractivity contribution in [1.29, 1.82) is 0 Å². The van der Waals surface area contributed by atoms with E-state index < -0.39 is 0 Å². The lowest BCUT2D eigenvalue weighted by Crippen LogP contribution is -1.91. The van der Waals surface area contributed by atoms with Crippen molar-refractivity contribution in [3.63, 3.8) is 0 Å². The fourth-order valence-electron chi connectivity index (χ4n) is 1.74. The molecule has 0 bridgehead atoms. The first-order chi connectivity index (χ1) is 9.24. The van der Waals surface area contributed by atoms with Crippen LogP contribution in [0.4, 0.5) is 0 Å². The predicted molar refractivity (Wildman–Crippen MR) is 72.7 cm³/mol. The number of halogens is 1.